The molecule has 0 amide bonds. The number of H-pyrrole nitrogens is 1. The Kier molecular flexibility index (Phi) is 4.72. The van der Waals surface area contributed by atoms with Crippen molar-refractivity contribution in [2.45, 2.75) is 19.4 Å². The van der Waals surface area contributed by atoms with E-state index in [1.165, 1.54) is 12.2 Å². The Morgan fingerprint density at radius 3 is 2.94 bits per heavy atom. The van der Waals surface area contributed by atoms with E-state index in [1.807, 2.05) is 23.9 Å². The number of imidazole rings is 1. The molecule has 18 heavy (non-hydrogen) atoms. The standard InChI is InChI=1S/C13H18N2OS2/c1-16-10-5-6-12-11(9-10)14-13(17)15(12)7-3-4-8-18-2/h5-6,9H,3-4,7-8H2,1-2H3,(H,14,17). The first-order valence-corrected chi connectivity index (χ1v) is 7.82. The van der Waals surface area contributed by atoms with Gasteiger partial charge >= 0.3 is 0 Å². The molecular weight excluding hydrogens is 264 g/mol. The Hall–Kier alpha value is -0.940. The summed E-state index contributed by atoms with van der Waals surface area (Å²) in [6.45, 7) is 0.978. The van der Waals surface area contributed by atoms with Crippen LogP contribution in [0.2, 0.25) is 0 Å². The van der Waals surface area contributed by atoms with Gasteiger partial charge in [-0.15, -0.1) is 0 Å². The molecule has 0 aliphatic carbocycles. The summed E-state index contributed by atoms with van der Waals surface area (Å²) < 4.78 is 8.18. The number of rotatable bonds is 6. The molecular formula is C13H18N2OS2. The van der Waals surface area contributed by atoms with Crippen molar-refractivity contribution >= 4 is 35.0 Å². The number of nitrogens with zero attached hydrogens (tertiary/aromatic N) is 1. The number of benzene rings is 1. The predicted molar refractivity (Wildman–Crippen MR) is 81.3 cm³/mol. The van der Waals surface area contributed by atoms with Gasteiger partial charge in [-0.1, -0.05) is 0 Å². The van der Waals surface area contributed by atoms with Crippen LogP contribution in [0.3, 0.4) is 0 Å². The van der Waals surface area contributed by atoms with Gasteiger partial charge in [0, 0.05) is 12.6 Å². The van der Waals surface area contributed by atoms with Gasteiger partial charge in [0.2, 0.25) is 0 Å². The van der Waals surface area contributed by atoms with E-state index in [4.69, 9.17) is 17.0 Å². The van der Waals surface area contributed by atoms with Crippen LogP contribution in [0.1, 0.15) is 12.8 Å². The summed E-state index contributed by atoms with van der Waals surface area (Å²) in [7, 11) is 1.68. The molecule has 0 aliphatic heterocycles. The summed E-state index contributed by atoms with van der Waals surface area (Å²) in [4.78, 5) is 3.24. The van der Waals surface area contributed by atoms with Gasteiger partial charge in [-0.2, -0.15) is 11.8 Å². The Morgan fingerprint density at radius 1 is 1.39 bits per heavy atom. The molecule has 0 saturated carbocycles. The minimum atomic E-state index is 0.794. The lowest BCUT2D eigenvalue weighted by molar-refractivity contribution is 0.415. The molecule has 1 heterocycles. The molecule has 0 bridgehead atoms. The molecule has 5 heteroatoms. The SMILES string of the molecule is COc1ccc2c(c1)[nH]c(=S)n2CCCCSC. The number of fused-ring (bicyclic) bond motifs is 1. The zero-order valence-electron chi connectivity index (χ0n) is 10.7. The predicted octanol–water partition coefficient (Wildman–Crippen LogP) is 3.85. The van der Waals surface area contributed by atoms with Crippen molar-refractivity contribution in [3.05, 3.63) is 23.0 Å². The Balaban J connectivity index is 2.22. The quantitative estimate of drug-likeness (QED) is 0.644. The molecule has 0 aliphatic rings. The smallest absolute Gasteiger partial charge is 0.178 e. The Bertz CT molecular complexity index is 574. The van der Waals surface area contributed by atoms with Gasteiger partial charge in [-0.3, -0.25) is 0 Å². The van der Waals surface area contributed by atoms with E-state index < -0.39 is 0 Å². The highest BCUT2D eigenvalue weighted by Crippen LogP contribution is 2.21. The molecule has 1 aromatic heterocycles. The van der Waals surface area contributed by atoms with Gasteiger partial charge in [-0.05, 0) is 49.2 Å². The number of hydrogen-bond acceptors (Lipinski definition) is 3. The van der Waals surface area contributed by atoms with Gasteiger partial charge in [0.1, 0.15) is 5.75 Å². The second-order valence-electron chi connectivity index (χ2n) is 4.16. The van der Waals surface area contributed by atoms with E-state index >= 15 is 0 Å². The lowest BCUT2D eigenvalue weighted by atomic mass is 10.3. The van der Waals surface area contributed by atoms with E-state index in [0.717, 1.165) is 34.5 Å². The van der Waals surface area contributed by atoms with Crippen molar-refractivity contribution in [2.24, 2.45) is 0 Å². The average molecular weight is 282 g/mol. The van der Waals surface area contributed by atoms with Gasteiger partial charge in [0.15, 0.2) is 4.77 Å². The maximum absolute atomic E-state index is 5.37. The molecule has 2 aromatic rings. The first-order valence-electron chi connectivity index (χ1n) is 6.01. The summed E-state index contributed by atoms with van der Waals surface area (Å²) in [5.41, 5.74) is 2.20. The Morgan fingerprint density at radius 2 is 2.22 bits per heavy atom. The molecule has 2 rings (SSSR count). The van der Waals surface area contributed by atoms with Crippen LogP contribution in [0.5, 0.6) is 5.75 Å². The van der Waals surface area contributed by atoms with E-state index in [1.54, 1.807) is 7.11 Å². The van der Waals surface area contributed by atoms with E-state index in [0.29, 0.717) is 0 Å². The molecule has 3 nitrogen and oxygen atoms in total. The second-order valence-corrected chi connectivity index (χ2v) is 5.54. The first kappa shape index (κ1) is 13.5. The van der Waals surface area contributed by atoms with Gasteiger partial charge in [0.05, 0.1) is 18.1 Å². The number of aromatic nitrogens is 2. The third kappa shape index (κ3) is 2.90. The first-order chi connectivity index (χ1) is 8.76. The lowest BCUT2D eigenvalue weighted by Crippen LogP contribution is -1.98. The summed E-state index contributed by atoms with van der Waals surface area (Å²) >= 11 is 7.26. The maximum atomic E-state index is 5.37. The van der Waals surface area contributed by atoms with Crippen LogP contribution in [0, 0.1) is 4.77 Å². The van der Waals surface area contributed by atoms with Crippen molar-refractivity contribution in [3.8, 4) is 5.75 Å². The second kappa shape index (κ2) is 6.29. The van der Waals surface area contributed by atoms with Gasteiger partial charge < -0.3 is 14.3 Å². The molecule has 0 spiro atoms. The third-order valence-electron chi connectivity index (χ3n) is 2.96. The van der Waals surface area contributed by atoms with Crippen molar-refractivity contribution in [2.75, 3.05) is 19.1 Å². The van der Waals surface area contributed by atoms with Crippen LogP contribution in [-0.2, 0) is 6.54 Å². The van der Waals surface area contributed by atoms with Crippen LogP contribution in [0.4, 0.5) is 0 Å². The fraction of sp³-hybridized carbons (Fsp3) is 0.462. The molecule has 0 fully saturated rings. The largest absolute Gasteiger partial charge is 0.497 e. The van der Waals surface area contributed by atoms with Gasteiger partial charge in [-0.25, -0.2) is 0 Å². The normalized spacial score (nSPS) is 11.0. The molecule has 1 aromatic carbocycles. The van der Waals surface area contributed by atoms with E-state index in [9.17, 15) is 0 Å². The highest BCUT2D eigenvalue weighted by Gasteiger charge is 2.05. The number of nitrogens with one attached hydrogen (secondary N) is 1. The van der Waals surface area contributed by atoms with Crippen molar-refractivity contribution in [1.82, 2.24) is 9.55 Å². The van der Waals surface area contributed by atoms with Crippen LogP contribution in [0.25, 0.3) is 11.0 Å². The van der Waals surface area contributed by atoms with Crippen LogP contribution >= 0.6 is 24.0 Å². The Labute approximate surface area is 117 Å². The minimum absolute atomic E-state index is 0.794. The van der Waals surface area contributed by atoms with Crippen molar-refractivity contribution in [3.63, 3.8) is 0 Å². The fourth-order valence-electron chi connectivity index (χ4n) is 2.01. The number of unbranched alkanes of at least 4 members (excludes halogenated alkanes) is 1. The summed E-state index contributed by atoms with van der Waals surface area (Å²) in [5.74, 6) is 2.07. The van der Waals surface area contributed by atoms with Crippen molar-refractivity contribution in [1.29, 1.82) is 0 Å². The minimum Gasteiger partial charge on any atom is -0.497 e. The zero-order chi connectivity index (χ0) is 13.0. The molecule has 0 atom stereocenters. The highest BCUT2D eigenvalue weighted by molar-refractivity contribution is 7.98. The number of hydrogen-bond donors (Lipinski definition) is 1. The monoisotopic (exact) mass is 282 g/mol. The zero-order valence-corrected chi connectivity index (χ0v) is 12.4. The van der Waals surface area contributed by atoms with E-state index in [-0.39, 0.29) is 0 Å². The maximum Gasteiger partial charge on any atom is 0.178 e. The summed E-state index contributed by atoms with van der Waals surface area (Å²) in [6, 6.07) is 6.03. The van der Waals surface area contributed by atoms with Crippen LogP contribution in [-0.4, -0.2) is 28.7 Å². The molecule has 0 radical (unpaired) electrons. The number of aromatic amines is 1. The average Bonchev–Trinajstić information content (AvgIpc) is 2.69. The van der Waals surface area contributed by atoms with Gasteiger partial charge in [0.25, 0.3) is 0 Å². The number of ether oxygens (including phenoxy) is 1. The number of thioether (sulfide) groups is 1. The third-order valence-corrected chi connectivity index (χ3v) is 3.98. The number of methoxy groups -OCH3 is 1. The topological polar surface area (TPSA) is 29.9 Å². The molecule has 1 N–H and O–H groups in total. The number of aryl methyl sites for hydroxylation is 1. The fourth-order valence-corrected chi connectivity index (χ4v) is 2.80. The van der Waals surface area contributed by atoms with Crippen LogP contribution in [0.15, 0.2) is 18.2 Å². The highest BCUT2D eigenvalue weighted by atomic mass is 32.2. The van der Waals surface area contributed by atoms with E-state index in [2.05, 4.69) is 21.9 Å². The molecule has 0 unspecified atom stereocenters. The van der Waals surface area contributed by atoms with Crippen molar-refractivity contribution < 1.29 is 4.74 Å². The lowest BCUT2D eigenvalue weighted by Gasteiger charge is -2.04. The summed E-state index contributed by atoms with van der Waals surface area (Å²) in [5, 5.41) is 0. The van der Waals surface area contributed by atoms with Crippen LogP contribution < -0.4 is 4.74 Å². The molecule has 98 valence electrons. The molecule has 0 saturated heterocycles. The summed E-state index contributed by atoms with van der Waals surface area (Å²) in [6.07, 6.45) is 4.53.